The summed E-state index contributed by atoms with van der Waals surface area (Å²) in [5.74, 6) is 0.551. The first-order valence-corrected chi connectivity index (χ1v) is 13.7. The molecule has 0 aromatic heterocycles. The lowest BCUT2D eigenvalue weighted by molar-refractivity contribution is -0.115. The number of thioether (sulfide) groups is 1. The minimum absolute atomic E-state index is 0.167. The second-order valence-corrected chi connectivity index (χ2v) is 11.2. The van der Waals surface area contributed by atoms with Gasteiger partial charge in [0.2, 0.25) is 0 Å². The molecule has 0 atom stereocenters. The Morgan fingerprint density at radius 2 is 1.82 bits per heavy atom. The van der Waals surface area contributed by atoms with Crippen LogP contribution in [0.15, 0.2) is 69.0 Å². The van der Waals surface area contributed by atoms with Crippen LogP contribution in [-0.4, -0.2) is 11.1 Å². The first-order valence-electron chi connectivity index (χ1n) is 10.3. The summed E-state index contributed by atoms with van der Waals surface area (Å²) in [6.07, 6.45) is 2.82. The SMILES string of the molecule is CCc1ccc(N=C2NC(=O)/C(=C/c3cc(Br)c(OCc4ccc(Cl)c(Cl)c4)c(I)c3)S2)cc1. The summed E-state index contributed by atoms with van der Waals surface area (Å²) in [6.45, 7) is 2.46. The summed E-state index contributed by atoms with van der Waals surface area (Å²) in [6, 6.07) is 17.3. The molecule has 1 aliphatic rings. The van der Waals surface area contributed by atoms with Gasteiger partial charge in [-0.15, -0.1) is 0 Å². The summed E-state index contributed by atoms with van der Waals surface area (Å²) in [7, 11) is 0. The fourth-order valence-electron chi connectivity index (χ4n) is 3.14. The molecule has 1 heterocycles. The van der Waals surface area contributed by atoms with E-state index in [0.717, 1.165) is 37.0 Å². The molecule has 34 heavy (non-hydrogen) atoms. The number of ether oxygens (including phenoxy) is 1. The quantitative estimate of drug-likeness (QED) is 0.209. The monoisotopic (exact) mass is 686 g/mol. The van der Waals surface area contributed by atoms with Crippen LogP contribution in [0.5, 0.6) is 5.75 Å². The zero-order valence-corrected chi connectivity index (χ0v) is 23.9. The molecule has 4 rings (SSSR count). The maximum Gasteiger partial charge on any atom is 0.264 e. The number of benzene rings is 3. The van der Waals surface area contributed by atoms with Gasteiger partial charge in [0.05, 0.1) is 28.7 Å². The van der Waals surface area contributed by atoms with Crippen LogP contribution >= 0.6 is 73.5 Å². The minimum Gasteiger partial charge on any atom is -0.487 e. The van der Waals surface area contributed by atoms with Crippen molar-refractivity contribution < 1.29 is 9.53 Å². The highest BCUT2D eigenvalue weighted by Crippen LogP contribution is 2.35. The number of rotatable bonds is 6. The van der Waals surface area contributed by atoms with E-state index in [9.17, 15) is 4.79 Å². The first-order chi connectivity index (χ1) is 16.3. The van der Waals surface area contributed by atoms with E-state index in [4.69, 9.17) is 27.9 Å². The number of amides is 1. The topological polar surface area (TPSA) is 50.7 Å². The number of carbonyl (C=O) groups is 1. The molecule has 1 fully saturated rings. The van der Waals surface area contributed by atoms with E-state index in [1.807, 2.05) is 48.5 Å². The van der Waals surface area contributed by atoms with E-state index < -0.39 is 0 Å². The van der Waals surface area contributed by atoms with Gasteiger partial charge in [-0.1, -0.05) is 48.3 Å². The highest BCUT2D eigenvalue weighted by atomic mass is 127. The number of hydrogen-bond donors (Lipinski definition) is 1. The van der Waals surface area contributed by atoms with Gasteiger partial charge in [0.25, 0.3) is 5.91 Å². The molecular weight excluding hydrogens is 670 g/mol. The Morgan fingerprint density at radius 3 is 2.50 bits per heavy atom. The molecule has 3 aromatic rings. The number of hydrogen-bond acceptors (Lipinski definition) is 4. The van der Waals surface area contributed by atoms with Gasteiger partial charge >= 0.3 is 0 Å². The third-order valence-electron chi connectivity index (χ3n) is 4.91. The van der Waals surface area contributed by atoms with Crippen molar-refractivity contribution in [2.45, 2.75) is 20.0 Å². The smallest absolute Gasteiger partial charge is 0.264 e. The minimum atomic E-state index is -0.167. The van der Waals surface area contributed by atoms with E-state index in [1.54, 1.807) is 12.1 Å². The van der Waals surface area contributed by atoms with Gasteiger partial charge in [-0.05, 0) is 116 Å². The predicted octanol–water partition coefficient (Wildman–Crippen LogP) is 8.39. The molecule has 174 valence electrons. The number of aryl methyl sites for hydroxylation is 1. The van der Waals surface area contributed by atoms with Crippen molar-refractivity contribution in [3.8, 4) is 5.75 Å². The molecule has 1 saturated heterocycles. The first kappa shape index (κ1) is 25.6. The van der Waals surface area contributed by atoms with Crippen molar-refractivity contribution in [1.82, 2.24) is 5.32 Å². The molecule has 0 aliphatic carbocycles. The zero-order chi connectivity index (χ0) is 24.2. The molecular formula is C25H18BrCl2IN2O2S. The highest BCUT2D eigenvalue weighted by molar-refractivity contribution is 14.1. The van der Waals surface area contributed by atoms with Crippen molar-refractivity contribution >= 4 is 96.3 Å². The number of nitrogens with zero attached hydrogens (tertiary/aromatic N) is 1. The van der Waals surface area contributed by atoms with Crippen molar-refractivity contribution in [1.29, 1.82) is 0 Å². The maximum absolute atomic E-state index is 12.5. The predicted molar refractivity (Wildman–Crippen MR) is 154 cm³/mol. The summed E-state index contributed by atoms with van der Waals surface area (Å²) in [4.78, 5) is 17.6. The average Bonchev–Trinajstić information content (AvgIpc) is 3.14. The van der Waals surface area contributed by atoms with Crippen LogP contribution in [-0.2, 0) is 17.8 Å². The molecule has 3 aromatic carbocycles. The van der Waals surface area contributed by atoms with Gasteiger partial charge in [0.1, 0.15) is 12.4 Å². The number of amidine groups is 1. The van der Waals surface area contributed by atoms with E-state index in [-0.39, 0.29) is 5.91 Å². The van der Waals surface area contributed by atoms with Crippen LogP contribution in [0.4, 0.5) is 5.69 Å². The van der Waals surface area contributed by atoms with Gasteiger partial charge < -0.3 is 10.1 Å². The third kappa shape index (κ3) is 6.37. The molecule has 0 spiro atoms. The number of aliphatic imine (C=N–C) groups is 1. The van der Waals surface area contributed by atoms with Crippen molar-refractivity contribution in [3.63, 3.8) is 0 Å². The molecule has 1 aliphatic heterocycles. The zero-order valence-electron chi connectivity index (χ0n) is 17.9. The fraction of sp³-hybridized carbons (Fsp3) is 0.120. The number of halogens is 4. The van der Waals surface area contributed by atoms with Gasteiger partial charge in [0.15, 0.2) is 5.17 Å². The van der Waals surface area contributed by atoms with Crippen LogP contribution < -0.4 is 10.1 Å². The molecule has 0 unspecified atom stereocenters. The van der Waals surface area contributed by atoms with Crippen LogP contribution in [0.1, 0.15) is 23.6 Å². The Bertz CT molecular complexity index is 1290. The van der Waals surface area contributed by atoms with E-state index in [0.29, 0.717) is 26.7 Å². The largest absolute Gasteiger partial charge is 0.487 e. The van der Waals surface area contributed by atoms with Crippen LogP contribution in [0.2, 0.25) is 10.0 Å². The highest BCUT2D eigenvalue weighted by Gasteiger charge is 2.24. The van der Waals surface area contributed by atoms with Crippen LogP contribution in [0.25, 0.3) is 6.08 Å². The van der Waals surface area contributed by atoms with Crippen LogP contribution in [0.3, 0.4) is 0 Å². The lowest BCUT2D eigenvalue weighted by Gasteiger charge is -2.12. The average molecular weight is 688 g/mol. The lowest BCUT2D eigenvalue weighted by Crippen LogP contribution is -2.19. The summed E-state index contributed by atoms with van der Waals surface area (Å²) in [5.41, 5.74) is 3.85. The van der Waals surface area contributed by atoms with Gasteiger partial charge in [-0.3, -0.25) is 4.79 Å². The normalized spacial score (nSPS) is 15.7. The fourth-order valence-corrected chi connectivity index (χ4v) is 6.07. The van der Waals surface area contributed by atoms with Gasteiger partial charge in [0, 0.05) is 0 Å². The lowest BCUT2D eigenvalue weighted by atomic mass is 10.2. The van der Waals surface area contributed by atoms with Crippen molar-refractivity contribution in [2.75, 3.05) is 0 Å². The van der Waals surface area contributed by atoms with E-state index >= 15 is 0 Å². The Hall–Kier alpha value is -1.52. The molecule has 1 N–H and O–H groups in total. The second kappa shape index (κ2) is 11.5. The third-order valence-corrected chi connectivity index (χ3v) is 7.95. The van der Waals surface area contributed by atoms with Gasteiger partial charge in [-0.2, -0.15) is 0 Å². The maximum atomic E-state index is 12.5. The Labute approximate surface area is 234 Å². The Balaban J connectivity index is 1.48. The molecule has 4 nitrogen and oxygen atoms in total. The van der Waals surface area contributed by atoms with E-state index in [1.165, 1.54) is 17.3 Å². The standard InChI is InChI=1S/C25H18BrCl2IN2O2S/c1-2-14-3-6-17(7-4-14)30-25-31-24(32)22(34-25)12-16-9-18(26)23(21(29)11-16)33-13-15-5-8-19(27)20(28)10-15/h3-12H,2,13H2,1H3,(H,30,31,32)/b22-12-. The number of nitrogens with one attached hydrogen (secondary N) is 1. The van der Waals surface area contributed by atoms with Crippen molar-refractivity contribution in [3.05, 3.63) is 94.3 Å². The molecule has 9 heteroatoms. The van der Waals surface area contributed by atoms with Crippen molar-refractivity contribution in [2.24, 2.45) is 4.99 Å². The van der Waals surface area contributed by atoms with E-state index in [2.05, 4.69) is 55.8 Å². The summed E-state index contributed by atoms with van der Waals surface area (Å²) >= 11 is 19.2. The molecule has 0 radical (unpaired) electrons. The molecule has 1 amide bonds. The summed E-state index contributed by atoms with van der Waals surface area (Å²) < 4.78 is 7.71. The Kier molecular flexibility index (Phi) is 8.63. The van der Waals surface area contributed by atoms with Gasteiger partial charge in [-0.25, -0.2) is 4.99 Å². The molecule has 0 saturated carbocycles. The molecule has 0 bridgehead atoms. The second-order valence-electron chi connectivity index (χ2n) is 7.35. The van der Waals surface area contributed by atoms with Crippen LogP contribution in [0, 0.1) is 3.57 Å². The summed E-state index contributed by atoms with van der Waals surface area (Å²) in [5, 5.41) is 4.40. The number of carbonyl (C=O) groups excluding carboxylic acids is 1. The Morgan fingerprint density at radius 1 is 1.09 bits per heavy atom.